The molecule has 62 valence electrons. The molecule has 3 aliphatic carbocycles. The first-order valence-electron chi connectivity index (χ1n) is 5.00. The standard InChI is InChI=1S/C10H15Cl/c11-9-4-3-8-6-1-2-7(5-6)10(8)9/h6-10H,1-5H2. The summed E-state index contributed by atoms with van der Waals surface area (Å²) in [4.78, 5) is 0. The van der Waals surface area contributed by atoms with E-state index < -0.39 is 0 Å². The van der Waals surface area contributed by atoms with Gasteiger partial charge in [-0.1, -0.05) is 0 Å². The van der Waals surface area contributed by atoms with E-state index in [9.17, 15) is 0 Å². The fraction of sp³-hybridized carbons (Fsp3) is 1.00. The van der Waals surface area contributed by atoms with Crippen LogP contribution in [0.5, 0.6) is 0 Å². The van der Waals surface area contributed by atoms with Crippen molar-refractivity contribution >= 4 is 11.6 Å². The van der Waals surface area contributed by atoms with Crippen LogP contribution in [-0.2, 0) is 0 Å². The third-order valence-corrected chi connectivity index (χ3v) is 4.86. The number of alkyl halides is 1. The van der Waals surface area contributed by atoms with Gasteiger partial charge >= 0.3 is 0 Å². The maximum absolute atomic E-state index is 6.31. The lowest BCUT2D eigenvalue weighted by molar-refractivity contribution is 0.262. The van der Waals surface area contributed by atoms with Crippen molar-refractivity contribution in [2.24, 2.45) is 23.7 Å². The molecule has 3 saturated carbocycles. The summed E-state index contributed by atoms with van der Waals surface area (Å²) >= 11 is 6.31. The molecular weight excluding hydrogens is 156 g/mol. The van der Waals surface area contributed by atoms with Gasteiger partial charge in [-0.3, -0.25) is 0 Å². The predicted octanol–water partition coefficient (Wildman–Crippen LogP) is 3.05. The van der Waals surface area contributed by atoms with Crippen molar-refractivity contribution in [2.45, 2.75) is 37.5 Å². The molecule has 0 spiro atoms. The van der Waals surface area contributed by atoms with Gasteiger partial charge in [-0.25, -0.2) is 0 Å². The first-order chi connectivity index (χ1) is 5.36. The van der Waals surface area contributed by atoms with Crippen molar-refractivity contribution in [2.75, 3.05) is 0 Å². The van der Waals surface area contributed by atoms with E-state index >= 15 is 0 Å². The highest BCUT2D eigenvalue weighted by molar-refractivity contribution is 6.21. The summed E-state index contributed by atoms with van der Waals surface area (Å²) in [5, 5.41) is 0.551. The zero-order chi connectivity index (χ0) is 7.42. The maximum Gasteiger partial charge on any atom is 0.0369 e. The van der Waals surface area contributed by atoms with Crippen LogP contribution < -0.4 is 0 Å². The molecular formula is C10H15Cl. The normalized spacial score (nSPS) is 60.3. The first-order valence-corrected chi connectivity index (χ1v) is 5.44. The van der Waals surface area contributed by atoms with Gasteiger partial charge in [0.1, 0.15) is 0 Å². The number of hydrogen-bond donors (Lipinski definition) is 0. The van der Waals surface area contributed by atoms with Crippen LogP contribution in [0.3, 0.4) is 0 Å². The van der Waals surface area contributed by atoms with Gasteiger partial charge in [0.05, 0.1) is 0 Å². The lowest BCUT2D eigenvalue weighted by Crippen LogP contribution is -2.21. The molecule has 0 heterocycles. The van der Waals surface area contributed by atoms with Gasteiger partial charge in [0.25, 0.3) is 0 Å². The van der Waals surface area contributed by atoms with Crippen LogP contribution in [0.1, 0.15) is 32.1 Å². The summed E-state index contributed by atoms with van der Waals surface area (Å²) in [6.07, 6.45) is 7.30. The molecule has 0 aromatic rings. The quantitative estimate of drug-likeness (QED) is 0.491. The van der Waals surface area contributed by atoms with Gasteiger partial charge < -0.3 is 0 Å². The number of hydrogen-bond acceptors (Lipinski definition) is 0. The van der Waals surface area contributed by atoms with E-state index in [0.717, 1.165) is 23.7 Å². The Bertz CT molecular complexity index is 178. The number of halogens is 1. The first kappa shape index (κ1) is 6.77. The summed E-state index contributed by atoms with van der Waals surface area (Å²) in [6, 6.07) is 0. The third kappa shape index (κ3) is 0.771. The molecule has 5 atom stereocenters. The van der Waals surface area contributed by atoms with Gasteiger partial charge in [0, 0.05) is 5.38 Å². The smallest absolute Gasteiger partial charge is 0.0369 e. The van der Waals surface area contributed by atoms with Crippen molar-refractivity contribution in [1.29, 1.82) is 0 Å². The number of rotatable bonds is 0. The molecule has 0 aliphatic heterocycles. The zero-order valence-corrected chi connectivity index (χ0v) is 7.56. The zero-order valence-electron chi connectivity index (χ0n) is 6.80. The minimum Gasteiger partial charge on any atom is -0.123 e. The SMILES string of the molecule is ClC1CCC2C3CCC(C3)C12. The lowest BCUT2D eigenvalue weighted by Gasteiger charge is -2.25. The van der Waals surface area contributed by atoms with Gasteiger partial charge in [-0.05, 0) is 55.8 Å². The summed E-state index contributed by atoms with van der Waals surface area (Å²) in [6.45, 7) is 0. The molecule has 5 unspecified atom stereocenters. The molecule has 0 amide bonds. The fourth-order valence-electron chi connectivity index (χ4n) is 3.99. The van der Waals surface area contributed by atoms with Crippen molar-refractivity contribution in [3.63, 3.8) is 0 Å². The largest absolute Gasteiger partial charge is 0.123 e. The topological polar surface area (TPSA) is 0 Å². The average Bonchev–Trinajstić information content (AvgIpc) is 2.60. The Hall–Kier alpha value is 0.290. The molecule has 0 radical (unpaired) electrons. The van der Waals surface area contributed by atoms with E-state index in [0.29, 0.717) is 5.38 Å². The Kier molecular flexibility index (Phi) is 1.33. The van der Waals surface area contributed by atoms with E-state index in [1.807, 2.05) is 0 Å². The highest BCUT2D eigenvalue weighted by Gasteiger charge is 2.52. The van der Waals surface area contributed by atoms with E-state index in [2.05, 4.69) is 0 Å². The Morgan fingerprint density at radius 1 is 0.909 bits per heavy atom. The van der Waals surface area contributed by atoms with Crippen LogP contribution in [0.25, 0.3) is 0 Å². The van der Waals surface area contributed by atoms with Gasteiger partial charge in [0.15, 0.2) is 0 Å². The molecule has 0 aromatic heterocycles. The minimum absolute atomic E-state index is 0.551. The Morgan fingerprint density at radius 2 is 1.73 bits per heavy atom. The summed E-state index contributed by atoms with van der Waals surface area (Å²) in [5.41, 5.74) is 0. The maximum atomic E-state index is 6.31. The van der Waals surface area contributed by atoms with Gasteiger partial charge in [-0.15, -0.1) is 11.6 Å². The van der Waals surface area contributed by atoms with Crippen LogP contribution >= 0.6 is 11.6 Å². The lowest BCUT2D eigenvalue weighted by atomic mass is 9.82. The Morgan fingerprint density at radius 3 is 2.55 bits per heavy atom. The van der Waals surface area contributed by atoms with Crippen LogP contribution in [0.4, 0.5) is 0 Å². The molecule has 1 heteroatoms. The molecule has 3 fully saturated rings. The summed E-state index contributed by atoms with van der Waals surface area (Å²) in [5.74, 6) is 4.12. The second-order valence-corrected chi connectivity index (χ2v) is 5.23. The van der Waals surface area contributed by atoms with Crippen molar-refractivity contribution in [3.05, 3.63) is 0 Å². The average molecular weight is 171 g/mol. The highest BCUT2D eigenvalue weighted by atomic mass is 35.5. The summed E-state index contributed by atoms with van der Waals surface area (Å²) in [7, 11) is 0. The minimum atomic E-state index is 0.551. The molecule has 2 bridgehead atoms. The van der Waals surface area contributed by atoms with Gasteiger partial charge in [0.2, 0.25) is 0 Å². The third-order valence-electron chi connectivity index (χ3n) is 4.35. The van der Waals surface area contributed by atoms with Crippen LogP contribution in [0.2, 0.25) is 0 Å². The van der Waals surface area contributed by atoms with Crippen molar-refractivity contribution in [3.8, 4) is 0 Å². The summed E-state index contributed by atoms with van der Waals surface area (Å²) < 4.78 is 0. The van der Waals surface area contributed by atoms with Crippen molar-refractivity contribution in [1.82, 2.24) is 0 Å². The van der Waals surface area contributed by atoms with Crippen LogP contribution in [-0.4, -0.2) is 5.38 Å². The van der Waals surface area contributed by atoms with Gasteiger partial charge in [-0.2, -0.15) is 0 Å². The van der Waals surface area contributed by atoms with E-state index in [4.69, 9.17) is 11.6 Å². The molecule has 0 aromatic carbocycles. The molecule has 0 saturated heterocycles. The monoisotopic (exact) mass is 170 g/mol. The fourth-order valence-corrected chi connectivity index (χ4v) is 4.51. The highest BCUT2D eigenvalue weighted by Crippen LogP contribution is 2.59. The van der Waals surface area contributed by atoms with E-state index in [-0.39, 0.29) is 0 Å². The molecule has 0 nitrogen and oxygen atoms in total. The van der Waals surface area contributed by atoms with E-state index in [1.165, 1.54) is 32.1 Å². The second kappa shape index (κ2) is 2.16. The van der Waals surface area contributed by atoms with Crippen LogP contribution in [0, 0.1) is 23.7 Å². The van der Waals surface area contributed by atoms with E-state index in [1.54, 1.807) is 0 Å². The molecule has 3 aliphatic rings. The Balaban J connectivity index is 1.91. The molecule has 3 rings (SSSR count). The second-order valence-electron chi connectivity index (χ2n) is 4.67. The molecule has 11 heavy (non-hydrogen) atoms. The van der Waals surface area contributed by atoms with Crippen LogP contribution in [0.15, 0.2) is 0 Å². The van der Waals surface area contributed by atoms with Crippen molar-refractivity contribution < 1.29 is 0 Å². The predicted molar refractivity (Wildman–Crippen MR) is 46.7 cm³/mol. The number of fused-ring (bicyclic) bond motifs is 5. The Labute approximate surface area is 73.3 Å². The molecule has 0 N–H and O–H groups in total.